The van der Waals surface area contributed by atoms with Crippen LogP contribution >= 0.6 is 15.5 Å². The van der Waals surface area contributed by atoms with Gasteiger partial charge in [0, 0.05) is 13.1 Å². The predicted molar refractivity (Wildman–Crippen MR) is 90.8 cm³/mol. The molecule has 0 aromatic rings. The van der Waals surface area contributed by atoms with Gasteiger partial charge in [-0.3, -0.25) is 23.0 Å². The van der Waals surface area contributed by atoms with E-state index in [4.69, 9.17) is 22.8 Å². The van der Waals surface area contributed by atoms with Crippen LogP contribution in [0.4, 0.5) is 0 Å². The first-order valence-corrected chi connectivity index (χ1v) is 11.3. The minimum Gasteiger partial charge on any atom is -0.379 e. The fourth-order valence-corrected chi connectivity index (χ4v) is 6.55. The van der Waals surface area contributed by atoms with Gasteiger partial charge in [0.25, 0.3) is 0 Å². The van der Waals surface area contributed by atoms with Crippen molar-refractivity contribution in [2.45, 2.75) is 27.7 Å². The first kappa shape index (κ1) is 22.2. The van der Waals surface area contributed by atoms with Gasteiger partial charge in [0.05, 0.1) is 46.3 Å². The van der Waals surface area contributed by atoms with Crippen molar-refractivity contribution in [1.29, 1.82) is 0 Å². The Bertz CT molecular complexity index is 396. The quantitative estimate of drug-likeness (QED) is 0.468. The van der Waals surface area contributed by atoms with Crippen LogP contribution in [0.15, 0.2) is 0 Å². The molecular formula is C13H30N2O7P2. The molecule has 144 valence electrons. The van der Waals surface area contributed by atoms with Crippen molar-refractivity contribution in [1.82, 2.24) is 9.34 Å². The molecule has 0 saturated carbocycles. The minimum absolute atomic E-state index is 0.0813. The van der Waals surface area contributed by atoms with Crippen molar-refractivity contribution >= 4 is 15.5 Å². The maximum absolute atomic E-state index is 13.3. The molecule has 0 radical (unpaired) electrons. The van der Waals surface area contributed by atoms with Crippen LogP contribution in [0.25, 0.3) is 0 Å². The molecular weight excluding hydrogens is 358 g/mol. The first-order chi connectivity index (χ1) is 11.5. The van der Waals surface area contributed by atoms with E-state index in [1.165, 1.54) is 0 Å². The van der Waals surface area contributed by atoms with E-state index in [0.29, 0.717) is 26.3 Å². The van der Waals surface area contributed by atoms with Crippen LogP contribution in [-0.2, 0) is 32.0 Å². The van der Waals surface area contributed by atoms with E-state index in [2.05, 4.69) is 0 Å². The third-order valence-electron chi connectivity index (χ3n) is 3.16. The Morgan fingerprint density at radius 1 is 0.833 bits per heavy atom. The highest BCUT2D eigenvalue weighted by atomic mass is 31.3. The Morgan fingerprint density at radius 2 is 1.21 bits per heavy atom. The van der Waals surface area contributed by atoms with Crippen molar-refractivity contribution < 1.29 is 32.0 Å². The topological polar surface area (TPSA) is 86.8 Å². The second-order valence-electron chi connectivity index (χ2n) is 4.85. The zero-order valence-corrected chi connectivity index (χ0v) is 16.8. The molecule has 1 aliphatic heterocycles. The normalized spacial score (nSPS) is 17.5. The number of hydrogen-bond donors (Lipinski definition) is 0. The van der Waals surface area contributed by atoms with Gasteiger partial charge in [0.2, 0.25) is 0 Å². The van der Waals surface area contributed by atoms with Crippen LogP contribution < -0.4 is 0 Å². The lowest BCUT2D eigenvalue weighted by Crippen LogP contribution is -2.42. The average molecular weight is 388 g/mol. The summed E-state index contributed by atoms with van der Waals surface area (Å²) in [6, 6.07) is 0. The summed E-state index contributed by atoms with van der Waals surface area (Å²) in [5.41, 5.74) is 0. The Hall–Kier alpha value is 0.180. The summed E-state index contributed by atoms with van der Waals surface area (Å²) in [6.45, 7) is 9.81. The van der Waals surface area contributed by atoms with Crippen LogP contribution in [0.2, 0.25) is 0 Å². The Labute approximate surface area is 144 Å². The molecule has 1 aliphatic rings. The molecule has 1 saturated heterocycles. The molecule has 0 bridgehead atoms. The summed E-state index contributed by atoms with van der Waals surface area (Å²) in [6.07, 6.45) is 0. The monoisotopic (exact) mass is 388 g/mol. The highest BCUT2D eigenvalue weighted by Gasteiger charge is 2.48. The Morgan fingerprint density at radius 3 is 1.54 bits per heavy atom. The first-order valence-electron chi connectivity index (χ1n) is 8.32. The Balaban J connectivity index is 3.15. The fraction of sp³-hybridized carbons (Fsp3) is 1.00. The zero-order valence-electron chi connectivity index (χ0n) is 15.0. The molecule has 0 amide bonds. The summed E-state index contributed by atoms with van der Waals surface area (Å²) in [7, 11) is -7.68. The molecule has 1 rings (SSSR count). The van der Waals surface area contributed by atoms with E-state index in [9.17, 15) is 9.13 Å². The summed E-state index contributed by atoms with van der Waals surface area (Å²) >= 11 is 0. The Kier molecular flexibility index (Phi) is 10.2. The second-order valence-corrected chi connectivity index (χ2v) is 9.04. The second kappa shape index (κ2) is 11.0. The summed E-state index contributed by atoms with van der Waals surface area (Å²) in [5, 5.41) is 0. The third-order valence-corrected chi connectivity index (χ3v) is 8.20. The molecule has 9 nitrogen and oxygen atoms in total. The number of ether oxygens (including phenoxy) is 1. The van der Waals surface area contributed by atoms with E-state index in [1.807, 2.05) is 4.90 Å². The molecule has 0 aliphatic carbocycles. The maximum atomic E-state index is 13.3. The molecule has 0 atom stereocenters. The molecule has 1 fully saturated rings. The van der Waals surface area contributed by atoms with Crippen LogP contribution in [0.1, 0.15) is 27.7 Å². The van der Waals surface area contributed by atoms with E-state index in [-0.39, 0.29) is 33.1 Å². The standard InChI is InChI=1S/C13H30N2O7P2/c1-5-19-23(16,20-6-2)15(13-14-9-11-18-12-10-14)24(17,21-7-3)22-8-4/h5-13H2,1-4H3. The van der Waals surface area contributed by atoms with Crippen molar-refractivity contribution in [3.05, 3.63) is 0 Å². The van der Waals surface area contributed by atoms with Crippen LogP contribution in [0.5, 0.6) is 0 Å². The maximum Gasteiger partial charge on any atom is 0.418 e. The highest BCUT2D eigenvalue weighted by molar-refractivity contribution is 7.67. The van der Waals surface area contributed by atoms with Crippen molar-refractivity contribution in [3.8, 4) is 0 Å². The van der Waals surface area contributed by atoms with Crippen LogP contribution in [-0.4, -0.2) is 68.7 Å². The van der Waals surface area contributed by atoms with Gasteiger partial charge >= 0.3 is 15.5 Å². The molecule has 0 aromatic heterocycles. The van der Waals surface area contributed by atoms with E-state index in [1.54, 1.807) is 27.7 Å². The SMILES string of the molecule is CCOP(=O)(OCC)N(CN1CCOCC1)P(=O)(OCC)OCC. The lowest BCUT2D eigenvalue weighted by molar-refractivity contribution is 0.0216. The van der Waals surface area contributed by atoms with Gasteiger partial charge in [-0.2, -0.15) is 0 Å². The van der Waals surface area contributed by atoms with Gasteiger partial charge in [0.1, 0.15) is 0 Å². The lowest BCUT2D eigenvalue weighted by atomic mass is 10.5. The molecule has 0 spiro atoms. The number of morpholine rings is 1. The minimum atomic E-state index is -3.84. The number of nitrogens with zero attached hydrogens (tertiary/aromatic N) is 2. The molecule has 1 heterocycles. The van der Waals surface area contributed by atoms with Crippen molar-refractivity contribution in [2.75, 3.05) is 59.4 Å². The zero-order chi connectivity index (χ0) is 18.1. The van der Waals surface area contributed by atoms with Crippen molar-refractivity contribution in [3.63, 3.8) is 0 Å². The van der Waals surface area contributed by atoms with Crippen LogP contribution in [0.3, 0.4) is 0 Å². The smallest absolute Gasteiger partial charge is 0.379 e. The van der Waals surface area contributed by atoms with Crippen molar-refractivity contribution in [2.24, 2.45) is 0 Å². The largest absolute Gasteiger partial charge is 0.418 e. The van der Waals surface area contributed by atoms with E-state index >= 15 is 0 Å². The van der Waals surface area contributed by atoms with Gasteiger partial charge in [-0.15, -0.1) is 0 Å². The number of rotatable bonds is 12. The number of hydrogen-bond acceptors (Lipinski definition) is 8. The summed E-state index contributed by atoms with van der Waals surface area (Å²) in [5.74, 6) is 0. The summed E-state index contributed by atoms with van der Waals surface area (Å²) in [4.78, 5) is 1.96. The molecule has 0 aromatic carbocycles. The van der Waals surface area contributed by atoms with Gasteiger partial charge < -0.3 is 4.74 Å². The van der Waals surface area contributed by atoms with Gasteiger partial charge in [-0.1, -0.05) is 4.44 Å². The third kappa shape index (κ3) is 6.16. The van der Waals surface area contributed by atoms with E-state index < -0.39 is 15.5 Å². The molecule has 0 unspecified atom stereocenters. The molecule has 11 heteroatoms. The van der Waals surface area contributed by atoms with Gasteiger partial charge in [0.15, 0.2) is 0 Å². The lowest BCUT2D eigenvalue weighted by Gasteiger charge is -2.37. The van der Waals surface area contributed by atoms with E-state index in [0.717, 1.165) is 4.44 Å². The highest BCUT2D eigenvalue weighted by Crippen LogP contribution is 2.68. The fourth-order valence-electron chi connectivity index (χ4n) is 2.20. The summed E-state index contributed by atoms with van der Waals surface area (Å²) < 4.78 is 54.5. The predicted octanol–water partition coefficient (Wildman–Crippen LogP) is 2.94. The molecule has 0 N–H and O–H groups in total. The van der Waals surface area contributed by atoms with Crippen LogP contribution in [0, 0.1) is 0 Å². The van der Waals surface area contributed by atoms with Gasteiger partial charge in [-0.05, 0) is 27.7 Å². The molecule has 24 heavy (non-hydrogen) atoms. The average Bonchev–Trinajstić information content (AvgIpc) is 2.54. The van der Waals surface area contributed by atoms with Gasteiger partial charge in [-0.25, -0.2) is 9.13 Å².